The lowest BCUT2D eigenvalue weighted by molar-refractivity contribution is -0.123. The number of halogens is 1. The lowest BCUT2D eigenvalue weighted by Crippen LogP contribution is -2.52. The summed E-state index contributed by atoms with van der Waals surface area (Å²) in [6.07, 6.45) is 0.914. The Morgan fingerprint density at radius 1 is 1.18 bits per heavy atom. The van der Waals surface area contributed by atoms with Gasteiger partial charge >= 0.3 is 0 Å². The summed E-state index contributed by atoms with van der Waals surface area (Å²) >= 11 is 0. The van der Waals surface area contributed by atoms with Crippen molar-refractivity contribution < 1.29 is 9.18 Å². The third kappa shape index (κ3) is 4.70. The van der Waals surface area contributed by atoms with Crippen molar-refractivity contribution in [3.8, 4) is 0 Å². The summed E-state index contributed by atoms with van der Waals surface area (Å²) in [5.41, 5.74) is 0.894. The molecular formula is C17H26FN3O. The van der Waals surface area contributed by atoms with Gasteiger partial charge < -0.3 is 10.2 Å². The molecule has 0 bridgehead atoms. The average Bonchev–Trinajstić information content (AvgIpc) is 2.48. The smallest absolute Gasteiger partial charge is 0.234 e. The van der Waals surface area contributed by atoms with E-state index in [0.29, 0.717) is 6.54 Å². The average molecular weight is 307 g/mol. The van der Waals surface area contributed by atoms with Crippen LogP contribution in [0.5, 0.6) is 0 Å². The second-order valence-corrected chi connectivity index (χ2v) is 6.53. The van der Waals surface area contributed by atoms with Crippen molar-refractivity contribution in [3.05, 3.63) is 30.1 Å². The van der Waals surface area contributed by atoms with E-state index < -0.39 is 0 Å². The Balaban J connectivity index is 1.80. The first-order valence-electron chi connectivity index (χ1n) is 7.93. The number of nitrogens with zero attached hydrogens (tertiary/aromatic N) is 2. The first-order valence-corrected chi connectivity index (χ1v) is 7.93. The third-order valence-corrected chi connectivity index (χ3v) is 4.29. The number of benzene rings is 1. The third-order valence-electron chi connectivity index (χ3n) is 4.29. The molecule has 0 unspecified atom stereocenters. The molecule has 5 heteroatoms. The Hall–Kier alpha value is -1.62. The molecule has 0 atom stereocenters. The number of piperazine rings is 1. The summed E-state index contributed by atoms with van der Waals surface area (Å²) in [7, 11) is 0. The molecular weight excluding hydrogens is 281 g/mol. The molecule has 1 aliphatic rings. The molecule has 2 rings (SSSR count). The summed E-state index contributed by atoms with van der Waals surface area (Å²) in [4.78, 5) is 16.5. The summed E-state index contributed by atoms with van der Waals surface area (Å²) in [5.74, 6) is -0.125. The van der Waals surface area contributed by atoms with Crippen molar-refractivity contribution in [1.82, 2.24) is 10.2 Å². The second-order valence-electron chi connectivity index (χ2n) is 6.53. The number of hydrogen-bond donors (Lipinski definition) is 1. The van der Waals surface area contributed by atoms with Gasteiger partial charge in [-0.25, -0.2) is 4.39 Å². The highest BCUT2D eigenvalue weighted by molar-refractivity contribution is 5.78. The van der Waals surface area contributed by atoms with Gasteiger partial charge in [-0.3, -0.25) is 9.69 Å². The molecule has 122 valence electrons. The Kier molecular flexibility index (Phi) is 5.40. The van der Waals surface area contributed by atoms with Crippen LogP contribution in [0.1, 0.15) is 27.2 Å². The maximum absolute atomic E-state index is 13.0. The maximum atomic E-state index is 13.0. The van der Waals surface area contributed by atoms with Crippen LogP contribution in [0.4, 0.5) is 10.1 Å². The highest BCUT2D eigenvalue weighted by Crippen LogP contribution is 2.16. The van der Waals surface area contributed by atoms with Gasteiger partial charge in [0.05, 0.1) is 6.54 Å². The van der Waals surface area contributed by atoms with E-state index in [9.17, 15) is 9.18 Å². The molecule has 1 saturated heterocycles. The van der Waals surface area contributed by atoms with Crippen molar-refractivity contribution in [2.45, 2.75) is 32.7 Å². The van der Waals surface area contributed by atoms with Gasteiger partial charge in [0, 0.05) is 37.4 Å². The number of rotatable bonds is 5. The van der Waals surface area contributed by atoms with Crippen LogP contribution >= 0.6 is 0 Å². The number of carbonyl (C=O) groups excluding carboxylic acids is 1. The van der Waals surface area contributed by atoms with Gasteiger partial charge in [0.15, 0.2) is 0 Å². The molecule has 1 aliphatic heterocycles. The van der Waals surface area contributed by atoms with Crippen LogP contribution in [0, 0.1) is 5.82 Å². The monoisotopic (exact) mass is 307 g/mol. The van der Waals surface area contributed by atoms with E-state index in [4.69, 9.17) is 0 Å². The van der Waals surface area contributed by atoms with E-state index >= 15 is 0 Å². The minimum Gasteiger partial charge on any atom is -0.369 e. The molecule has 4 nitrogen and oxygen atoms in total. The highest BCUT2D eigenvalue weighted by atomic mass is 19.1. The van der Waals surface area contributed by atoms with Gasteiger partial charge in [-0.15, -0.1) is 0 Å². The van der Waals surface area contributed by atoms with E-state index in [1.165, 1.54) is 12.1 Å². The van der Waals surface area contributed by atoms with Crippen LogP contribution in [0.3, 0.4) is 0 Å². The quantitative estimate of drug-likeness (QED) is 0.906. The van der Waals surface area contributed by atoms with Gasteiger partial charge in [-0.05, 0) is 44.5 Å². The van der Waals surface area contributed by atoms with Crippen LogP contribution in [-0.4, -0.2) is 49.1 Å². The minimum atomic E-state index is -0.211. The van der Waals surface area contributed by atoms with E-state index in [-0.39, 0.29) is 17.3 Å². The van der Waals surface area contributed by atoms with E-state index in [1.807, 2.05) is 26.0 Å². The van der Waals surface area contributed by atoms with Crippen molar-refractivity contribution in [2.24, 2.45) is 0 Å². The minimum absolute atomic E-state index is 0.0853. The molecule has 1 fully saturated rings. The number of amides is 1. The molecule has 1 amide bonds. The van der Waals surface area contributed by atoms with Crippen LogP contribution in [0.2, 0.25) is 0 Å². The van der Waals surface area contributed by atoms with Crippen molar-refractivity contribution in [3.63, 3.8) is 0 Å². The fourth-order valence-electron chi connectivity index (χ4n) is 2.52. The van der Waals surface area contributed by atoms with Crippen LogP contribution in [-0.2, 0) is 4.79 Å². The van der Waals surface area contributed by atoms with Crippen LogP contribution in [0.25, 0.3) is 0 Å². The van der Waals surface area contributed by atoms with E-state index in [1.54, 1.807) is 0 Å². The molecule has 1 aromatic rings. The summed E-state index contributed by atoms with van der Waals surface area (Å²) in [6.45, 7) is 10.00. The zero-order chi connectivity index (χ0) is 16.2. The lowest BCUT2D eigenvalue weighted by Gasteiger charge is -2.36. The second kappa shape index (κ2) is 7.09. The molecule has 0 aliphatic carbocycles. The molecule has 0 aromatic heterocycles. The van der Waals surface area contributed by atoms with Gasteiger partial charge in [-0.2, -0.15) is 0 Å². The topological polar surface area (TPSA) is 35.6 Å². The fraction of sp³-hybridized carbons (Fsp3) is 0.588. The van der Waals surface area contributed by atoms with Crippen molar-refractivity contribution in [1.29, 1.82) is 0 Å². The molecule has 22 heavy (non-hydrogen) atoms. The normalized spacial score (nSPS) is 16.6. The first-order chi connectivity index (χ1) is 10.4. The Labute approximate surface area is 132 Å². The standard InChI is InChI=1S/C17H26FN3O/c1-4-17(2,3)19-16(22)13-20-9-11-21(12-10-20)15-7-5-14(18)6-8-15/h5-8H,4,9-13H2,1-3H3,(H,19,22). The van der Waals surface area contributed by atoms with E-state index in [0.717, 1.165) is 38.3 Å². The highest BCUT2D eigenvalue weighted by Gasteiger charge is 2.22. The predicted octanol–water partition coefficient (Wildman–Crippen LogP) is 2.25. The number of anilines is 1. The Morgan fingerprint density at radius 3 is 2.32 bits per heavy atom. The van der Waals surface area contributed by atoms with Gasteiger partial charge in [0.2, 0.25) is 5.91 Å². The molecule has 1 aromatic carbocycles. The zero-order valence-electron chi connectivity index (χ0n) is 13.7. The molecule has 0 saturated carbocycles. The van der Waals surface area contributed by atoms with Crippen LogP contribution < -0.4 is 10.2 Å². The molecule has 1 heterocycles. The maximum Gasteiger partial charge on any atom is 0.234 e. The summed E-state index contributed by atoms with van der Waals surface area (Å²) < 4.78 is 13.0. The SMILES string of the molecule is CCC(C)(C)NC(=O)CN1CCN(c2ccc(F)cc2)CC1. The van der Waals surface area contributed by atoms with Crippen molar-refractivity contribution in [2.75, 3.05) is 37.6 Å². The lowest BCUT2D eigenvalue weighted by atomic mass is 10.0. The molecule has 0 radical (unpaired) electrons. The zero-order valence-corrected chi connectivity index (χ0v) is 13.7. The van der Waals surface area contributed by atoms with Gasteiger partial charge in [0.25, 0.3) is 0 Å². The van der Waals surface area contributed by atoms with Gasteiger partial charge in [-0.1, -0.05) is 6.92 Å². The summed E-state index contributed by atoms with van der Waals surface area (Å²) in [6, 6.07) is 6.59. The molecule has 1 N–H and O–H groups in total. The number of hydrogen-bond acceptors (Lipinski definition) is 3. The van der Waals surface area contributed by atoms with Crippen molar-refractivity contribution >= 4 is 11.6 Å². The Morgan fingerprint density at radius 2 is 1.77 bits per heavy atom. The van der Waals surface area contributed by atoms with Gasteiger partial charge in [0.1, 0.15) is 5.82 Å². The van der Waals surface area contributed by atoms with Crippen LogP contribution in [0.15, 0.2) is 24.3 Å². The fourth-order valence-corrected chi connectivity index (χ4v) is 2.52. The molecule has 0 spiro atoms. The van der Waals surface area contributed by atoms with E-state index in [2.05, 4.69) is 22.0 Å². The summed E-state index contributed by atoms with van der Waals surface area (Å²) in [5, 5.41) is 3.07. The predicted molar refractivity (Wildman–Crippen MR) is 87.6 cm³/mol. The first kappa shape index (κ1) is 16.7. The largest absolute Gasteiger partial charge is 0.369 e. The number of nitrogens with one attached hydrogen (secondary N) is 1. The Bertz CT molecular complexity index is 493. The number of carbonyl (C=O) groups is 1.